The summed E-state index contributed by atoms with van der Waals surface area (Å²) in [5, 5.41) is 3.66. The van der Waals surface area contributed by atoms with Crippen LogP contribution in [-0.2, 0) is 11.3 Å². The maximum atomic E-state index is 11.4. The summed E-state index contributed by atoms with van der Waals surface area (Å²) in [6.07, 6.45) is 8.63. The average molecular weight is 354 g/mol. The summed E-state index contributed by atoms with van der Waals surface area (Å²) < 4.78 is 2.02. The Labute approximate surface area is 149 Å². The molecule has 1 aromatic carbocycles. The van der Waals surface area contributed by atoms with Crippen LogP contribution in [-0.4, -0.2) is 31.5 Å². The molecule has 1 unspecified atom stereocenters. The van der Waals surface area contributed by atoms with Crippen LogP contribution in [0.15, 0.2) is 49.1 Å². The van der Waals surface area contributed by atoms with E-state index >= 15 is 0 Å². The Balaban J connectivity index is 1.55. The molecule has 126 valence electrons. The van der Waals surface area contributed by atoms with Gasteiger partial charge < -0.3 is 9.88 Å². The number of rotatable bonds is 4. The number of carbonyl (C=O) groups excluding carboxylic acids is 1. The van der Waals surface area contributed by atoms with E-state index in [1.807, 2.05) is 35.0 Å². The molecule has 1 saturated heterocycles. The highest BCUT2D eigenvalue weighted by molar-refractivity contribution is 6.30. The number of hydrogen-bond acceptors (Lipinski definition) is 4. The minimum Gasteiger partial charge on any atom is -0.352 e. The first-order valence-electron chi connectivity index (χ1n) is 8.08. The molecule has 1 atom stereocenters. The lowest BCUT2D eigenvalue weighted by Crippen LogP contribution is -2.29. The number of amides is 1. The first kappa shape index (κ1) is 15.8. The van der Waals surface area contributed by atoms with Gasteiger partial charge in [-0.2, -0.15) is 0 Å². The zero-order chi connectivity index (χ0) is 17.2. The average Bonchev–Trinajstić information content (AvgIpc) is 3.25. The Morgan fingerprint density at radius 3 is 2.56 bits per heavy atom. The topological polar surface area (TPSA) is 72.7 Å². The zero-order valence-corrected chi connectivity index (χ0v) is 14.1. The second-order valence-electron chi connectivity index (χ2n) is 6.01. The summed E-state index contributed by atoms with van der Waals surface area (Å²) in [5.74, 6) is 1.55. The number of imidazole rings is 1. The van der Waals surface area contributed by atoms with E-state index in [0.29, 0.717) is 23.8 Å². The fourth-order valence-electron chi connectivity index (χ4n) is 2.96. The summed E-state index contributed by atoms with van der Waals surface area (Å²) in [7, 11) is 0. The summed E-state index contributed by atoms with van der Waals surface area (Å²) in [4.78, 5) is 24.7. The summed E-state index contributed by atoms with van der Waals surface area (Å²) in [6.45, 7) is 0.694. The van der Waals surface area contributed by atoms with Gasteiger partial charge in [-0.3, -0.25) is 4.79 Å². The van der Waals surface area contributed by atoms with Crippen LogP contribution in [0.2, 0.25) is 5.02 Å². The Kier molecular flexibility index (Phi) is 4.19. The van der Waals surface area contributed by atoms with Gasteiger partial charge in [0.2, 0.25) is 5.91 Å². The van der Waals surface area contributed by atoms with Gasteiger partial charge in [-0.25, -0.2) is 15.0 Å². The molecular formula is C18H16ClN5O. The van der Waals surface area contributed by atoms with Crippen LogP contribution in [0.4, 0.5) is 0 Å². The molecule has 4 rings (SSSR count). The molecule has 1 aliphatic heterocycles. The molecule has 0 radical (unpaired) electrons. The number of aromatic nitrogens is 4. The summed E-state index contributed by atoms with van der Waals surface area (Å²) >= 11 is 5.91. The minimum atomic E-state index is 0.113. The number of carbonyl (C=O) groups is 1. The Morgan fingerprint density at radius 2 is 1.88 bits per heavy atom. The first-order chi connectivity index (χ1) is 12.2. The Morgan fingerprint density at radius 1 is 1.12 bits per heavy atom. The van der Waals surface area contributed by atoms with Crippen molar-refractivity contribution in [2.75, 3.05) is 0 Å². The summed E-state index contributed by atoms with van der Waals surface area (Å²) in [5.41, 5.74) is 1.75. The lowest BCUT2D eigenvalue weighted by atomic mass is 10.2. The predicted molar refractivity (Wildman–Crippen MR) is 94.9 cm³/mol. The van der Waals surface area contributed by atoms with Gasteiger partial charge in [-0.1, -0.05) is 11.6 Å². The van der Waals surface area contributed by atoms with Crippen molar-refractivity contribution in [3.05, 3.63) is 54.1 Å². The molecule has 0 aliphatic carbocycles. The van der Waals surface area contributed by atoms with Crippen molar-refractivity contribution in [1.29, 1.82) is 0 Å². The van der Waals surface area contributed by atoms with Gasteiger partial charge in [0.15, 0.2) is 5.82 Å². The van der Waals surface area contributed by atoms with Gasteiger partial charge in [0.05, 0.1) is 5.56 Å². The van der Waals surface area contributed by atoms with Crippen molar-refractivity contribution in [3.8, 4) is 22.8 Å². The standard InChI is InChI=1S/C18H16ClN5O/c19-14-3-1-12(2-4-14)17-21-9-13(10-22-17)18-20-7-8-24(18)11-15-5-6-16(25)23-15/h1-4,7-10,15H,5-6,11H2,(H,23,25). The maximum absolute atomic E-state index is 11.4. The number of hydrogen-bond donors (Lipinski definition) is 1. The molecule has 7 heteroatoms. The SMILES string of the molecule is O=C1CCC(Cn2ccnc2-c2cnc(-c3ccc(Cl)cc3)nc2)N1. The van der Waals surface area contributed by atoms with Crippen LogP contribution in [0.1, 0.15) is 12.8 Å². The van der Waals surface area contributed by atoms with E-state index < -0.39 is 0 Å². The molecule has 6 nitrogen and oxygen atoms in total. The van der Waals surface area contributed by atoms with Crippen LogP contribution in [0.25, 0.3) is 22.8 Å². The molecule has 1 N–H and O–H groups in total. The second kappa shape index (κ2) is 6.64. The maximum Gasteiger partial charge on any atom is 0.220 e. The molecule has 0 saturated carbocycles. The molecule has 2 aromatic heterocycles. The molecule has 1 fully saturated rings. The van der Waals surface area contributed by atoms with Crippen LogP contribution in [0.5, 0.6) is 0 Å². The molecule has 0 bridgehead atoms. The van der Waals surface area contributed by atoms with Crippen molar-refractivity contribution in [2.45, 2.75) is 25.4 Å². The number of halogens is 1. The van der Waals surface area contributed by atoms with Crippen LogP contribution in [0.3, 0.4) is 0 Å². The molecule has 25 heavy (non-hydrogen) atoms. The van der Waals surface area contributed by atoms with E-state index in [4.69, 9.17) is 11.6 Å². The third kappa shape index (κ3) is 3.39. The molecular weight excluding hydrogens is 338 g/mol. The zero-order valence-electron chi connectivity index (χ0n) is 13.4. The predicted octanol–water partition coefficient (Wildman–Crippen LogP) is 2.94. The van der Waals surface area contributed by atoms with Gasteiger partial charge in [0, 0.05) is 54.4 Å². The van der Waals surface area contributed by atoms with Crippen LogP contribution >= 0.6 is 11.6 Å². The minimum absolute atomic E-state index is 0.113. The first-order valence-corrected chi connectivity index (χ1v) is 8.46. The van der Waals surface area contributed by atoms with Crippen molar-refractivity contribution in [2.24, 2.45) is 0 Å². The smallest absolute Gasteiger partial charge is 0.220 e. The third-order valence-corrected chi connectivity index (χ3v) is 4.48. The van der Waals surface area contributed by atoms with Gasteiger partial charge in [0.25, 0.3) is 0 Å². The van der Waals surface area contributed by atoms with Gasteiger partial charge in [-0.15, -0.1) is 0 Å². The van der Waals surface area contributed by atoms with E-state index in [0.717, 1.165) is 23.4 Å². The Bertz CT molecular complexity index is 889. The molecule has 1 aliphatic rings. The van der Waals surface area contributed by atoms with E-state index in [1.54, 1.807) is 18.6 Å². The van der Waals surface area contributed by atoms with E-state index in [-0.39, 0.29) is 11.9 Å². The van der Waals surface area contributed by atoms with Crippen LogP contribution in [0, 0.1) is 0 Å². The number of nitrogens with zero attached hydrogens (tertiary/aromatic N) is 4. The van der Waals surface area contributed by atoms with Crippen LogP contribution < -0.4 is 5.32 Å². The molecule has 1 amide bonds. The van der Waals surface area contributed by atoms with Crippen molar-refractivity contribution >= 4 is 17.5 Å². The second-order valence-corrected chi connectivity index (χ2v) is 6.44. The fraction of sp³-hybridized carbons (Fsp3) is 0.222. The molecule has 0 spiro atoms. The monoisotopic (exact) mass is 353 g/mol. The van der Waals surface area contributed by atoms with E-state index in [9.17, 15) is 4.79 Å². The van der Waals surface area contributed by atoms with Gasteiger partial charge in [0.1, 0.15) is 5.82 Å². The quantitative estimate of drug-likeness (QED) is 0.782. The third-order valence-electron chi connectivity index (χ3n) is 4.23. The number of nitrogens with one attached hydrogen (secondary N) is 1. The van der Waals surface area contributed by atoms with E-state index in [2.05, 4.69) is 20.3 Å². The largest absolute Gasteiger partial charge is 0.352 e. The normalized spacial score (nSPS) is 16.8. The molecule has 3 aromatic rings. The Hall–Kier alpha value is -2.73. The van der Waals surface area contributed by atoms with Crippen molar-refractivity contribution in [3.63, 3.8) is 0 Å². The fourth-order valence-corrected chi connectivity index (χ4v) is 3.09. The van der Waals surface area contributed by atoms with Gasteiger partial charge in [-0.05, 0) is 30.7 Å². The summed E-state index contributed by atoms with van der Waals surface area (Å²) in [6, 6.07) is 7.56. The van der Waals surface area contributed by atoms with E-state index in [1.165, 1.54) is 0 Å². The van der Waals surface area contributed by atoms with Crippen molar-refractivity contribution < 1.29 is 4.79 Å². The highest BCUT2D eigenvalue weighted by atomic mass is 35.5. The highest BCUT2D eigenvalue weighted by Gasteiger charge is 2.22. The highest BCUT2D eigenvalue weighted by Crippen LogP contribution is 2.21. The lowest BCUT2D eigenvalue weighted by molar-refractivity contribution is -0.119. The van der Waals surface area contributed by atoms with Crippen molar-refractivity contribution in [1.82, 2.24) is 24.8 Å². The van der Waals surface area contributed by atoms with Gasteiger partial charge >= 0.3 is 0 Å². The number of benzene rings is 1. The molecule has 3 heterocycles. The lowest BCUT2D eigenvalue weighted by Gasteiger charge is -2.13.